The highest BCUT2D eigenvalue weighted by Crippen LogP contribution is 2.32. The Hall–Kier alpha value is -2.39. The van der Waals surface area contributed by atoms with Crippen LogP contribution in [0, 0.1) is 5.41 Å². The number of allylic oxidation sites excluding steroid dienone is 4. The van der Waals surface area contributed by atoms with Crippen molar-refractivity contribution in [1.82, 2.24) is 4.98 Å². The SMILES string of the molecule is C=C.CC(=N)C1=CCC(c2c[nH]c3ccccc23)C=C1.CN. The van der Waals surface area contributed by atoms with Crippen molar-refractivity contribution in [1.29, 1.82) is 5.41 Å². The lowest BCUT2D eigenvalue weighted by Gasteiger charge is -2.15. The summed E-state index contributed by atoms with van der Waals surface area (Å²) in [4.78, 5) is 3.32. The summed E-state index contributed by atoms with van der Waals surface area (Å²) >= 11 is 0. The second kappa shape index (κ2) is 8.80. The van der Waals surface area contributed by atoms with Crippen LogP contribution in [0.15, 0.2) is 67.4 Å². The van der Waals surface area contributed by atoms with Crippen LogP contribution in [0.4, 0.5) is 0 Å². The molecule has 4 N–H and O–H groups in total. The molecule has 1 unspecified atom stereocenters. The minimum absolute atomic E-state index is 0.421. The molecule has 0 aliphatic heterocycles. The van der Waals surface area contributed by atoms with Gasteiger partial charge in [-0.3, -0.25) is 0 Å². The number of nitrogens with two attached hydrogens (primary N) is 1. The smallest absolute Gasteiger partial charge is 0.0457 e. The van der Waals surface area contributed by atoms with E-state index in [1.165, 1.54) is 23.5 Å². The van der Waals surface area contributed by atoms with E-state index in [4.69, 9.17) is 5.41 Å². The van der Waals surface area contributed by atoms with E-state index in [1.807, 2.05) is 6.92 Å². The average molecular weight is 295 g/mol. The van der Waals surface area contributed by atoms with Crippen molar-refractivity contribution in [3.05, 3.63) is 73.0 Å². The van der Waals surface area contributed by atoms with Crippen LogP contribution >= 0.6 is 0 Å². The van der Waals surface area contributed by atoms with Crippen LogP contribution in [-0.2, 0) is 0 Å². The zero-order chi connectivity index (χ0) is 16.5. The van der Waals surface area contributed by atoms with E-state index >= 15 is 0 Å². The van der Waals surface area contributed by atoms with Crippen LogP contribution in [0.2, 0.25) is 0 Å². The molecule has 3 heteroatoms. The number of H-pyrrole nitrogens is 1. The monoisotopic (exact) mass is 295 g/mol. The van der Waals surface area contributed by atoms with Crippen LogP contribution in [-0.4, -0.2) is 17.7 Å². The Balaban J connectivity index is 0.000000561. The van der Waals surface area contributed by atoms with E-state index in [9.17, 15) is 0 Å². The van der Waals surface area contributed by atoms with Crippen molar-refractivity contribution in [2.75, 3.05) is 7.05 Å². The van der Waals surface area contributed by atoms with E-state index in [0.717, 1.165) is 12.0 Å². The number of hydrogen-bond donors (Lipinski definition) is 3. The van der Waals surface area contributed by atoms with Crippen LogP contribution in [0.3, 0.4) is 0 Å². The van der Waals surface area contributed by atoms with Crippen molar-refractivity contribution in [3.8, 4) is 0 Å². The third kappa shape index (κ3) is 3.83. The highest BCUT2D eigenvalue weighted by atomic mass is 14.7. The molecule has 0 spiro atoms. The molecular weight excluding hydrogens is 270 g/mol. The molecular formula is C19H25N3. The van der Waals surface area contributed by atoms with Gasteiger partial charge in [-0.2, -0.15) is 0 Å². The van der Waals surface area contributed by atoms with Crippen molar-refractivity contribution < 1.29 is 0 Å². The number of aromatic nitrogens is 1. The predicted octanol–water partition coefficient (Wildman–Crippen LogP) is 4.55. The first-order valence-electron chi connectivity index (χ1n) is 7.33. The maximum Gasteiger partial charge on any atom is 0.0457 e. The molecule has 1 aliphatic carbocycles. The van der Waals surface area contributed by atoms with Gasteiger partial charge in [0, 0.05) is 28.7 Å². The lowest BCUT2D eigenvalue weighted by atomic mass is 9.89. The Morgan fingerprint density at radius 3 is 2.55 bits per heavy atom. The van der Waals surface area contributed by atoms with Gasteiger partial charge in [-0.05, 0) is 37.6 Å². The summed E-state index contributed by atoms with van der Waals surface area (Å²) in [5, 5.41) is 8.94. The average Bonchev–Trinajstić information content (AvgIpc) is 3.02. The first kappa shape index (κ1) is 17.7. The molecule has 1 aliphatic rings. The highest BCUT2D eigenvalue weighted by molar-refractivity contribution is 5.98. The topological polar surface area (TPSA) is 65.7 Å². The van der Waals surface area contributed by atoms with E-state index in [-0.39, 0.29) is 0 Å². The second-order valence-electron chi connectivity index (χ2n) is 4.78. The lowest BCUT2D eigenvalue weighted by molar-refractivity contribution is 0.857. The zero-order valence-corrected chi connectivity index (χ0v) is 13.4. The van der Waals surface area contributed by atoms with E-state index < -0.39 is 0 Å². The molecule has 0 radical (unpaired) electrons. The third-order valence-corrected chi connectivity index (χ3v) is 3.55. The molecule has 1 atom stereocenters. The van der Waals surface area contributed by atoms with Gasteiger partial charge < -0.3 is 16.1 Å². The molecule has 1 aromatic heterocycles. The molecule has 116 valence electrons. The maximum atomic E-state index is 7.63. The lowest BCUT2D eigenvalue weighted by Crippen LogP contribution is -2.02. The Kier molecular flexibility index (Phi) is 7.06. The van der Waals surface area contributed by atoms with Crippen LogP contribution in [0.1, 0.15) is 24.8 Å². The van der Waals surface area contributed by atoms with Crippen molar-refractivity contribution in [2.45, 2.75) is 19.3 Å². The summed E-state index contributed by atoms with van der Waals surface area (Å²) in [6.45, 7) is 7.84. The molecule has 0 saturated heterocycles. The van der Waals surface area contributed by atoms with E-state index in [0.29, 0.717) is 11.6 Å². The Bertz CT molecular complexity index is 677. The number of benzene rings is 1. The Morgan fingerprint density at radius 2 is 1.95 bits per heavy atom. The first-order chi connectivity index (χ1) is 10.8. The molecule has 0 fully saturated rings. The molecule has 0 saturated carbocycles. The number of nitrogens with one attached hydrogen (secondary N) is 2. The van der Waals surface area contributed by atoms with Crippen LogP contribution in [0.25, 0.3) is 10.9 Å². The normalized spacial score (nSPS) is 16.0. The molecule has 1 aromatic carbocycles. The van der Waals surface area contributed by atoms with Gasteiger partial charge in [0.25, 0.3) is 0 Å². The minimum Gasteiger partial charge on any atom is -0.361 e. The summed E-state index contributed by atoms with van der Waals surface area (Å²) in [7, 11) is 1.50. The summed E-state index contributed by atoms with van der Waals surface area (Å²) in [5.74, 6) is 0.421. The summed E-state index contributed by atoms with van der Waals surface area (Å²) in [6, 6.07) is 8.40. The zero-order valence-electron chi connectivity index (χ0n) is 13.4. The van der Waals surface area contributed by atoms with Gasteiger partial charge in [-0.15, -0.1) is 13.2 Å². The fourth-order valence-corrected chi connectivity index (χ4v) is 2.53. The largest absolute Gasteiger partial charge is 0.361 e. The molecule has 0 bridgehead atoms. The summed E-state index contributed by atoms with van der Waals surface area (Å²) in [6.07, 6.45) is 9.52. The van der Waals surface area contributed by atoms with Crippen molar-refractivity contribution in [3.63, 3.8) is 0 Å². The molecule has 1 heterocycles. The first-order valence-corrected chi connectivity index (χ1v) is 7.33. The molecule has 22 heavy (non-hydrogen) atoms. The number of para-hydroxylation sites is 1. The molecule has 3 rings (SSSR count). The minimum atomic E-state index is 0.421. The quantitative estimate of drug-likeness (QED) is 0.552. The van der Waals surface area contributed by atoms with Gasteiger partial charge in [-0.25, -0.2) is 0 Å². The second-order valence-corrected chi connectivity index (χ2v) is 4.78. The van der Waals surface area contributed by atoms with Gasteiger partial charge in [0.2, 0.25) is 0 Å². The Morgan fingerprint density at radius 1 is 1.27 bits per heavy atom. The van der Waals surface area contributed by atoms with Gasteiger partial charge in [0.1, 0.15) is 0 Å². The summed E-state index contributed by atoms with van der Waals surface area (Å²) < 4.78 is 0. The molecule has 2 aromatic rings. The van der Waals surface area contributed by atoms with Crippen molar-refractivity contribution in [2.24, 2.45) is 5.73 Å². The van der Waals surface area contributed by atoms with E-state index in [2.05, 4.69) is 72.6 Å². The standard InChI is InChI=1S/C16H16N2.C2H4.CH5N/c1-11(17)12-6-8-13(9-7-12)15-10-18-16-5-3-2-4-14(15)16;2*1-2/h2-8,10,13,17-18H,9H2,1H3;1-2H2;2H2,1H3. The Labute approximate surface area is 132 Å². The van der Waals surface area contributed by atoms with Gasteiger partial charge in [0.15, 0.2) is 0 Å². The highest BCUT2D eigenvalue weighted by Gasteiger charge is 2.15. The van der Waals surface area contributed by atoms with Gasteiger partial charge >= 0.3 is 0 Å². The van der Waals surface area contributed by atoms with Crippen LogP contribution in [0.5, 0.6) is 0 Å². The summed E-state index contributed by atoms with van der Waals surface area (Å²) in [5.41, 5.74) is 8.73. The van der Waals surface area contributed by atoms with E-state index in [1.54, 1.807) is 0 Å². The van der Waals surface area contributed by atoms with Crippen molar-refractivity contribution >= 4 is 16.6 Å². The predicted molar refractivity (Wildman–Crippen MR) is 97.6 cm³/mol. The maximum absolute atomic E-state index is 7.63. The van der Waals surface area contributed by atoms with Gasteiger partial charge in [-0.1, -0.05) is 36.4 Å². The molecule has 0 amide bonds. The number of fused-ring (bicyclic) bond motifs is 1. The molecule has 3 nitrogen and oxygen atoms in total. The number of rotatable bonds is 2. The number of hydrogen-bond acceptors (Lipinski definition) is 2. The fraction of sp³-hybridized carbons (Fsp3) is 0.211. The van der Waals surface area contributed by atoms with Crippen LogP contribution < -0.4 is 5.73 Å². The van der Waals surface area contributed by atoms with Gasteiger partial charge in [0.05, 0.1) is 0 Å². The number of aromatic amines is 1. The third-order valence-electron chi connectivity index (χ3n) is 3.55. The fourth-order valence-electron chi connectivity index (χ4n) is 2.53.